The van der Waals surface area contributed by atoms with Crippen LogP contribution in [-0.4, -0.2) is 27.8 Å². The fraction of sp³-hybridized carbons (Fsp3) is 0.462. The average Bonchev–Trinajstić information content (AvgIpc) is 2.62. The number of carbonyl (C=O) groups excluding carboxylic acids is 1. The first-order valence-corrected chi connectivity index (χ1v) is 7.82. The number of aromatic nitrogens is 2. The van der Waals surface area contributed by atoms with E-state index in [9.17, 15) is 4.79 Å². The molecule has 0 aromatic carbocycles. The normalized spacial score (nSPS) is 11.2. The molecule has 2 heterocycles. The Balaban J connectivity index is 2.19. The molecule has 0 radical (unpaired) electrons. The first-order chi connectivity index (χ1) is 8.99. The summed E-state index contributed by atoms with van der Waals surface area (Å²) in [6.07, 6.45) is 1.47. The topological polar surface area (TPSA) is 52.1 Å². The fourth-order valence-electron chi connectivity index (χ4n) is 1.68. The van der Waals surface area contributed by atoms with Crippen LogP contribution in [0.5, 0.6) is 0 Å². The number of esters is 1. The highest BCUT2D eigenvalue weighted by molar-refractivity contribution is 8.00. The van der Waals surface area contributed by atoms with E-state index in [0.717, 1.165) is 15.2 Å². The molecule has 6 heteroatoms. The minimum Gasteiger partial charge on any atom is -0.462 e. The lowest BCUT2D eigenvalue weighted by molar-refractivity contribution is -0.144. The zero-order chi connectivity index (χ0) is 14.0. The lowest BCUT2D eigenvalue weighted by Gasteiger charge is -2.07. The number of nitrogens with zero attached hydrogens (tertiary/aromatic N) is 2. The molecule has 2 aromatic rings. The van der Waals surface area contributed by atoms with Crippen molar-refractivity contribution in [3.63, 3.8) is 0 Å². The number of ether oxygens (including phenoxy) is 1. The van der Waals surface area contributed by atoms with Crippen LogP contribution in [-0.2, 0) is 9.53 Å². The lowest BCUT2D eigenvalue weighted by Crippen LogP contribution is -2.13. The maximum atomic E-state index is 11.6. The smallest absolute Gasteiger partial charge is 0.316 e. The van der Waals surface area contributed by atoms with Crippen molar-refractivity contribution >= 4 is 39.3 Å². The van der Waals surface area contributed by atoms with E-state index in [-0.39, 0.29) is 17.8 Å². The maximum absolute atomic E-state index is 11.6. The summed E-state index contributed by atoms with van der Waals surface area (Å²) in [5, 5.41) is 1.92. The maximum Gasteiger partial charge on any atom is 0.316 e. The molecule has 19 heavy (non-hydrogen) atoms. The molecule has 0 atom stereocenters. The minimum absolute atomic E-state index is 0.0800. The van der Waals surface area contributed by atoms with Crippen LogP contribution in [0.4, 0.5) is 0 Å². The van der Waals surface area contributed by atoms with Crippen molar-refractivity contribution in [1.29, 1.82) is 0 Å². The molecule has 0 spiro atoms. The molecule has 102 valence electrons. The van der Waals surface area contributed by atoms with Crippen molar-refractivity contribution < 1.29 is 9.53 Å². The Morgan fingerprint density at radius 2 is 2.16 bits per heavy atom. The third-order valence-electron chi connectivity index (χ3n) is 2.62. The Bertz CT molecular complexity index is 608. The van der Waals surface area contributed by atoms with Crippen LogP contribution in [0, 0.1) is 13.8 Å². The van der Waals surface area contributed by atoms with Crippen LogP contribution < -0.4 is 0 Å². The molecule has 0 aliphatic heterocycles. The number of fused-ring (bicyclic) bond motifs is 1. The molecule has 0 aliphatic rings. The first kappa shape index (κ1) is 14.3. The molecule has 0 fully saturated rings. The molecule has 2 rings (SSSR count). The van der Waals surface area contributed by atoms with Gasteiger partial charge in [0.15, 0.2) is 0 Å². The molecule has 0 unspecified atom stereocenters. The van der Waals surface area contributed by atoms with E-state index < -0.39 is 0 Å². The van der Waals surface area contributed by atoms with E-state index in [2.05, 4.69) is 23.8 Å². The third kappa shape index (κ3) is 3.25. The molecule has 2 aromatic heterocycles. The van der Waals surface area contributed by atoms with Gasteiger partial charge in [0.2, 0.25) is 0 Å². The quantitative estimate of drug-likeness (QED) is 0.492. The standard InChI is InChI=1S/C13H16N2O2S2/c1-7(2)17-10(16)5-18-12-11-8(3)9(4)19-13(11)15-6-14-12/h6-7H,5H2,1-4H3. The van der Waals surface area contributed by atoms with Gasteiger partial charge in [0.05, 0.1) is 11.9 Å². The SMILES string of the molecule is Cc1sc2ncnc(SCC(=O)OC(C)C)c2c1C. The number of hydrogen-bond acceptors (Lipinski definition) is 6. The Kier molecular flexibility index (Phi) is 4.42. The molecule has 0 saturated heterocycles. The first-order valence-electron chi connectivity index (χ1n) is 6.02. The van der Waals surface area contributed by atoms with Crippen molar-refractivity contribution in [2.75, 3.05) is 5.75 Å². The van der Waals surface area contributed by atoms with Crippen LogP contribution in [0.15, 0.2) is 11.4 Å². The van der Waals surface area contributed by atoms with Crippen LogP contribution in [0.1, 0.15) is 24.3 Å². The van der Waals surface area contributed by atoms with Crippen molar-refractivity contribution in [3.05, 3.63) is 16.8 Å². The summed E-state index contributed by atoms with van der Waals surface area (Å²) in [6, 6.07) is 0. The van der Waals surface area contributed by atoms with E-state index in [4.69, 9.17) is 4.74 Å². The van der Waals surface area contributed by atoms with Crippen LogP contribution >= 0.6 is 23.1 Å². The zero-order valence-corrected chi connectivity index (χ0v) is 13.0. The monoisotopic (exact) mass is 296 g/mol. The highest BCUT2D eigenvalue weighted by Crippen LogP contribution is 2.34. The van der Waals surface area contributed by atoms with E-state index in [1.807, 2.05) is 13.8 Å². The van der Waals surface area contributed by atoms with E-state index in [1.165, 1.54) is 22.2 Å². The largest absolute Gasteiger partial charge is 0.462 e. The molecule has 0 amide bonds. The predicted molar refractivity (Wildman–Crippen MR) is 78.8 cm³/mol. The minimum atomic E-state index is -0.212. The average molecular weight is 296 g/mol. The molecule has 0 N–H and O–H groups in total. The van der Waals surface area contributed by atoms with Crippen molar-refractivity contribution in [2.45, 2.75) is 38.8 Å². The van der Waals surface area contributed by atoms with Gasteiger partial charge >= 0.3 is 5.97 Å². The summed E-state index contributed by atoms with van der Waals surface area (Å²) >= 11 is 3.07. The molecular formula is C13H16N2O2S2. The highest BCUT2D eigenvalue weighted by Gasteiger charge is 2.14. The summed E-state index contributed by atoms with van der Waals surface area (Å²) in [5.74, 6) is 0.0647. The van der Waals surface area contributed by atoms with E-state index in [1.54, 1.807) is 17.7 Å². The number of hydrogen-bond donors (Lipinski definition) is 0. The van der Waals surface area contributed by atoms with Gasteiger partial charge in [-0.3, -0.25) is 4.79 Å². The highest BCUT2D eigenvalue weighted by atomic mass is 32.2. The molecule has 0 aliphatic carbocycles. The second-order valence-corrected chi connectivity index (χ2v) is 6.64. The molecular weight excluding hydrogens is 280 g/mol. The molecule has 4 nitrogen and oxygen atoms in total. The van der Waals surface area contributed by atoms with Gasteiger partial charge in [-0.05, 0) is 33.3 Å². The number of carbonyl (C=O) groups is 1. The van der Waals surface area contributed by atoms with Crippen LogP contribution in [0.2, 0.25) is 0 Å². The van der Waals surface area contributed by atoms with Crippen molar-refractivity contribution in [2.24, 2.45) is 0 Å². The van der Waals surface area contributed by atoms with Gasteiger partial charge < -0.3 is 4.74 Å². The van der Waals surface area contributed by atoms with Crippen molar-refractivity contribution in [3.8, 4) is 0 Å². The van der Waals surface area contributed by atoms with Gasteiger partial charge in [0, 0.05) is 10.3 Å². The van der Waals surface area contributed by atoms with Gasteiger partial charge in [-0.25, -0.2) is 9.97 Å². The van der Waals surface area contributed by atoms with Gasteiger partial charge in [-0.1, -0.05) is 11.8 Å². The zero-order valence-electron chi connectivity index (χ0n) is 11.4. The Labute approximate surface area is 120 Å². The number of rotatable bonds is 4. The van der Waals surface area contributed by atoms with Crippen LogP contribution in [0.25, 0.3) is 10.2 Å². The summed E-state index contributed by atoms with van der Waals surface area (Å²) in [6.45, 7) is 7.83. The summed E-state index contributed by atoms with van der Waals surface area (Å²) in [5.41, 5.74) is 1.19. The Morgan fingerprint density at radius 3 is 2.84 bits per heavy atom. The predicted octanol–water partition coefficient (Wildman–Crippen LogP) is 3.35. The van der Waals surface area contributed by atoms with E-state index >= 15 is 0 Å². The molecule has 0 bridgehead atoms. The summed E-state index contributed by atoms with van der Waals surface area (Å²) in [7, 11) is 0. The van der Waals surface area contributed by atoms with Gasteiger partial charge in [-0.2, -0.15) is 0 Å². The second kappa shape index (κ2) is 5.88. The summed E-state index contributed by atoms with van der Waals surface area (Å²) < 4.78 is 5.12. The van der Waals surface area contributed by atoms with Crippen LogP contribution in [0.3, 0.4) is 0 Å². The van der Waals surface area contributed by atoms with Gasteiger partial charge in [0.1, 0.15) is 16.2 Å². The van der Waals surface area contributed by atoms with Gasteiger partial charge in [-0.15, -0.1) is 11.3 Å². The number of aryl methyl sites for hydroxylation is 2. The summed E-state index contributed by atoms with van der Waals surface area (Å²) in [4.78, 5) is 22.3. The Hall–Kier alpha value is -1.14. The fourth-order valence-corrected chi connectivity index (χ4v) is 3.58. The Morgan fingerprint density at radius 1 is 1.42 bits per heavy atom. The second-order valence-electron chi connectivity index (χ2n) is 4.47. The van der Waals surface area contributed by atoms with E-state index in [0.29, 0.717) is 0 Å². The lowest BCUT2D eigenvalue weighted by atomic mass is 10.2. The van der Waals surface area contributed by atoms with Gasteiger partial charge in [0.25, 0.3) is 0 Å². The third-order valence-corrected chi connectivity index (χ3v) is 4.70. The number of thiophene rings is 1. The molecule has 0 saturated carbocycles. The van der Waals surface area contributed by atoms with Crippen molar-refractivity contribution in [1.82, 2.24) is 9.97 Å². The number of thioether (sulfide) groups is 1.